The van der Waals surface area contributed by atoms with Crippen molar-refractivity contribution in [3.05, 3.63) is 95.1 Å². The van der Waals surface area contributed by atoms with Crippen molar-refractivity contribution in [1.29, 1.82) is 0 Å². The SMILES string of the molecule is O=C(NCc1ccc([C@@H]2O[C@H](CSc3nnnn3-c3ccc(O)cc3)C[C@H](c3ccc(CO)cc3)O2)cc1)NC12CC3CC(CC(C3)C1)C2. The third-order valence-electron chi connectivity index (χ3n) is 10.7. The second-order valence-corrected chi connectivity index (χ2v) is 15.3. The molecule has 4 N–H and O–H groups in total. The van der Waals surface area contributed by atoms with Crippen LogP contribution in [0.5, 0.6) is 5.75 Å². The number of amides is 2. The number of nitrogens with zero attached hydrogens (tertiary/aromatic N) is 4. The fourth-order valence-corrected chi connectivity index (χ4v) is 9.65. The molecule has 1 aliphatic heterocycles. The van der Waals surface area contributed by atoms with E-state index in [1.54, 1.807) is 28.9 Å². The van der Waals surface area contributed by atoms with Gasteiger partial charge in [0.15, 0.2) is 6.29 Å². The number of hydrogen-bond acceptors (Lipinski definition) is 9. The van der Waals surface area contributed by atoms with E-state index in [2.05, 4.69) is 26.2 Å². The molecule has 2 heterocycles. The number of carbonyl (C=O) groups excluding carboxylic acids is 1. The van der Waals surface area contributed by atoms with Gasteiger partial charge in [-0.25, -0.2) is 4.79 Å². The van der Waals surface area contributed by atoms with Gasteiger partial charge in [-0.05, 0) is 108 Å². The molecule has 5 aliphatic rings. The molecular weight excluding hydrogens is 641 g/mol. The van der Waals surface area contributed by atoms with Crippen molar-refractivity contribution in [3.63, 3.8) is 0 Å². The topological polar surface area (TPSA) is 144 Å². The molecule has 0 radical (unpaired) electrons. The molecule has 1 saturated heterocycles. The van der Waals surface area contributed by atoms with Crippen molar-refractivity contribution < 1.29 is 24.5 Å². The summed E-state index contributed by atoms with van der Waals surface area (Å²) in [5, 5.41) is 38.6. The van der Waals surface area contributed by atoms with E-state index in [0.29, 0.717) is 23.9 Å². The van der Waals surface area contributed by atoms with Crippen LogP contribution >= 0.6 is 11.8 Å². The molecule has 4 aliphatic carbocycles. The van der Waals surface area contributed by atoms with Gasteiger partial charge in [0.1, 0.15) is 5.75 Å². The first-order valence-corrected chi connectivity index (χ1v) is 18.2. The number of urea groups is 1. The van der Waals surface area contributed by atoms with Crippen LogP contribution in [0.2, 0.25) is 0 Å². The Balaban J connectivity index is 0.923. The molecule has 3 aromatic carbocycles. The molecule has 12 heteroatoms. The lowest BCUT2D eigenvalue weighted by atomic mass is 9.53. The fraction of sp³-hybridized carbons (Fsp3) is 0.459. The fourth-order valence-electron chi connectivity index (χ4n) is 8.74. The first-order valence-electron chi connectivity index (χ1n) is 17.3. The summed E-state index contributed by atoms with van der Waals surface area (Å²) in [5.41, 5.74) is 4.49. The van der Waals surface area contributed by atoms with Crippen molar-refractivity contribution in [2.45, 2.75) is 87.3 Å². The van der Waals surface area contributed by atoms with Crippen LogP contribution in [0.3, 0.4) is 0 Å². The Kier molecular flexibility index (Phi) is 9.04. The van der Waals surface area contributed by atoms with Gasteiger partial charge in [0.2, 0.25) is 5.16 Å². The molecule has 0 spiro atoms. The van der Waals surface area contributed by atoms with Crippen LogP contribution in [-0.2, 0) is 22.6 Å². The molecule has 11 nitrogen and oxygen atoms in total. The molecule has 256 valence electrons. The second kappa shape index (κ2) is 13.7. The van der Waals surface area contributed by atoms with Crippen molar-refractivity contribution in [1.82, 2.24) is 30.8 Å². The van der Waals surface area contributed by atoms with Crippen LogP contribution in [0.15, 0.2) is 78.0 Å². The smallest absolute Gasteiger partial charge is 0.315 e. The predicted octanol–water partition coefficient (Wildman–Crippen LogP) is 5.97. The zero-order chi connectivity index (χ0) is 33.4. The van der Waals surface area contributed by atoms with Gasteiger partial charge in [0.25, 0.3) is 0 Å². The van der Waals surface area contributed by atoms with E-state index < -0.39 is 6.29 Å². The highest BCUT2D eigenvalue weighted by atomic mass is 32.2. The zero-order valence-electron chi connectivity index (χ0n) is 27.3. The van der Waals surface area contributed by atoms with Crippen LogP contribution < -0.4 is 10.6 Å². The summed E-state index contributed by atoms with van der Waals surface area (Å²) in [6.07, 6.45) is 7.06. The summed E-state index contributed by atoms with van der Waals surface area (Å²) in [5.74, 6) is 3.11. The highest BCUT2D eigenvalue weighted by Gasteiger charge is 2.51. The maximum absolute atomic E-state index is 13.0. The number of ether oxygens (including phenoxy) is 2. The molecule has 4 bridgehead atoms. The molecule has 5 fully saturated rings. The highest BCUT2D eigenvalue weighted by Crippen LogP contribution is 2.55. The number of aliphatic hydroxyl groups is 1. The lowest BCUT2D eigenvalue weighted by molar-refractivity contribution is -0.245. The van der Waals surface area contributed by atoms with E-state index in [9.17, 15) is 15.0 Å². The average molecular weight is 683 g/mol. The number of aliphatic hydroxyl groups excluding tert-OH is 1. The summed E-state index contributed by atoms with van der Waals surface area (Å²) >= 11 is 1.50. The summed E-state index contributed by atoms with van der Waals surface area (Å²) in [6.45, 7) is 0.428. The number of carbonyl (C=O) groups is 1. The molecule has 2 amide bonds. The number of rotatable bonds is 10. The van der Waals surface area contributed by atoms with Gasteiger partial charge in [-0.15, -0.1) is 5.10 Å². The Morgan fingerprint density at radius 3 is 2.18 bits per heavy atom. The number of thioether (sulfide) groups is 1. The Morgan fingerprint density at radius 1 is 0.857 bits per heavy atom. The predicted molar refractivity (Wildman–Crippen MR) is 183 cm³/mol. The van der Waals surface area contributed by atoms with Crippen LogP contribution in [0.1, 0.15) is 79.6 Å². The van der Waals surface area contributed by atoms with E-state index in [1.165, 1.54) is 31.0 Å². The standard InChI is InChI=1S/C37H42N6O5S/c44-21-24-3-5-28(6-4-24)33-16-32(22-49-36-40-41-42-43(36)30-9-11-31(45)12-10-30)47-34(48-33)29-7-1-23(2-8-29)20-38-35(46)39-37-17-25-13-26(18-37)15-27(14-25)19-37/h1-12,25-27,32-34,44-45H,13-22H2,(H2,38,39,46)/t25?,26?,27?,32-,33+,34+,37?/m0/s1. The number of phenols is 1. The molecule has 9 rings (SSSR count). The summed E-state index contributed by atoms with van der Waals surface area (Å²) < 4.78 is 14.7. The number of benzene rings is 3. The highest BCUT2D eigenvalue weighted by molar-refractivity contribution is 7.99. The minimum absolute atomic E-state index is 0.0140. The molecular formula is C37H42N6O5S. The number of nitrogens with one attached hydrogen (secondary N) is 2. The first kappa shape index (κ1) is 32.2. The van der Waals surface area contributed by atoms with Crippen molar-refractivity contribution in [2.24, 2.45) is 17.8 Å². The van der Waals surface area contributed by atoms with Crippen molar-refractivity contribution in [3.8, 4) is 11.4 Å². The minimum atomic E-state index is -0.601. The average Bonchev–Trinajstić information content (AvgIpc) is 3.58. The first-order chi connectivity index (χ1) is 23.9. The maximum atomic E-state index is 13.0. The van der Waals surface area contributed by atoms with Gasteiger partial charge in [0, 0.05) is 29.8 Å². The van der Waals surface area contributed by atoms with Gasteiger partial charge in [-0.3, -0.25) is 0 Å². The lowest BCUT2D eigenvalue weighted by Crippen LogP contribution is -2.61. The monoisotopic (exact) mass is 682 g/mol. The van der Waals surface area contributed by atoms with Gasteiger partial charge in [-0.2, -0.15) is 4.68 Å². The van der Waals surface area contributed by atoms with Gasteiger partial charge < -0.3 is 30.3 Å². The Labute approximate surface area is 289 Å². The van der Waals surface area contributed by atoms with E-state index in [0.717, 1.165) is 65.0 Å². The number of aromatic nitrogens is 4. The molecule has 49 heavy (non-hydrogen) atoms. The van der Waals surface area contributed by atoms with E-state index in [4.69, 9.17) is 9.47 Å². The van der Waals surface area contributed by atoms with Crippen LogP contribution in [-0.4, -0.2) is 53.8 Å². The number of tetrazole rings is 1. The second-order valence-electron chi connectivity index (χ2n) is 14.3. The van der Waals surface area contributed by atoms with Crippen molar-refractivity contribution >= 4 is 17.8 Å². The van der Waals surface area contributed by atoms with Gasteiger partial charge >= 0.3 is 6.03 Å². The normalized spacial score (nSPS) is 28.8. The van der Waals surface area contributed by atoms with E-state index in [-0.39, 0.29) is 36.1 Å². The third kappa shape index (κ3) is 7.19. The largest absolute Gasteiger partial charge is 0.508 e. The molecule has 1 aromatic heterocycles. The van der Waals surface area contributed by atoms with Crippen molar-refractivity contribution in [2.75, 3.05) is 5.75 Å². The Hall–Kier alpha value is -3.97. The molecule has 3 atom stereocenters. The van der Waals surface area contributed by atoms with Crippen LogP contribution in [0.25, 0.3) is 5.69 Å². The third-order valence-corrected chi connectivity index (χ3v) is 11.7. The van der Waals surface area contributed by atoms with Crippen LogP contribution in [0.4, 0.5) is 4.79 Å². The van der Waals surface area contributed by atoms with Gasteiger partial charge in [0.05, 0.1) is 24.5 Å². The minimum Gasteiger partial charge on any atom is -0.508 e. The summed E-state index contributed by atoms with van der Waals surface area (Å²) in [6, 6.07) is 22.5. The molecule has 0 unspecified atom stereocenters. The summed E-state index contributed by atoms with van der Waals surface area (Å²) in [7, 11) is 0. The number of aromatic hydroxyl groups is 1. The number of hydrogen-bond donors (Lipinski definition) is 4. The van der Waals surface area contributed by atoms with Crippen LogP contribution in [0, 0.1) is 17.8 Å². The molecule has 4 saturated carbocycles. The summed E-state index contributed by atoms with van der Waals surface area (Å²) in [4.78, 5) is 13.0. The lowest BCUT2D eigenvalue weighted by Gasteiger charge is -2.56. The van der Waals surface area contributed by atoms with Gasteiger partial charge in [-0.1, -0.05) is 60.3 Å². The Bertz CT molecular complexity index is 1710. The maximum Gasteiger partial charge on any atom is 0.315 e. The zero-order valence-corrected chi connectivity index (χ0v) is 28.1. The van der Waals surface area contributed by atoms with E-state index >= 15 is 0 Å². The Morgan fingerprint density at radius 2 is 1.51 bits per heavy atom. The quantitative estimate of drug-likeness (QED) is 0.149. The van der Waals surface area contributed by atoms with E-state index in [1.807, 2.05) is 48.5 Å². The molecule has 4 aromatic rings. The number of phenolic OH excluding ortho intramolecular Hbond substituents is 1.